The molecule has 0 saturated carbocycles. The van der Waals surface area contributed by atoms with E-state index in [1.807, 2.05) is 0 Å². The molecule has 0 amide bonds. The number of pyridine rings is 1. The molecule has 2 aromatic rings. The van der Waals surface area contributed by atoms with Gasteiger partial charge in [-0.2, -0.15) is 11.1 Å². The van der Waals surface area contributed by atoms with Gasteiger partial charge in [0.15, 0.2) is 0 Å². The highest BCUT2D eigenvalue weighted by molar-refractivity contribution is 7.92. The molecule has 1 aliphatic heterocycles. The van der Waals surface area contributed by atoms with Gasteiger partial charge in [0.25, 0.3) is 0 Å². The standard InChI is InChI=1S/C15H23N9O5S2/c16-5-9(25)7-20-31(28,29)11-3-2-10(8-1-4-12(17)19-6-8)13(14(11)30(18,26)27)15-21-23-24-22-15/h1-4,6,9,15,20-25H,5,7,16H2,(H2,17,19)(H2,18,26,27)/t9-/m1/s1. The summed E-state index contributed by atoms with van der Waals surface area (Å²) in [4.78, 5) is 2.78. The van der Waals surface area contributed by atoms with Gasteiger partial charge in [0.1, 0.15) is 21.8 Å². The molecule has 170 valence electrons. The summed E-state index contributed by atoms with van der Waals surface area (Å²) in [5.74, 6) is 0.249. The number of hydrazine groups is 3. The Morgan fingerprint density at radius 3 is 2.35 bits per heavy atom. The Morgan fingerprint density at radius 1 is 1.13 bits per heavy atom. The molecular formula is C15H23N9O5S2. The van der Waals surface area contributed by atoms with E-state index in [1.165, 1.54) is 18.3 Å². The number of hydrogen-bond donors (Lipinski definition) is 9. The van der Waals surface area contributed by atoms with Crippen LogP contribution in [0.15, 0.2) is 40.3 Å². The summed E-state index contributed by atoms with van der Waals surface area (Å²) in [5.41, 5.74) is 22.3. The summed E-state index contributed by atoms with van der Waals surface area (Å²) in [6.45, 7) is -0.600. The topological polar surface area (TPSA) is 240 Å². The number of nitrogens with two attached hydrogens (primary N) is 3. The smallest absolute Gasteiger partial charge is 0.242 e. The van der Waals surface area contributed by atoms with Crippen LogP contribution in [0.3, 0.4) is 0 Å². The van der Waals surface area contributed by atoms with Gasteiger partial charge >= 0.3 is 0 Å². The van der Waals surface area contributed by atoms with E-state index < -0.39 is 48.7 Å². The first kappa shape index (κ1) is 23.4. The van der Waals surface area contributed by atoms with Crippen molar-refractivity contribution < 1.29 is 21.9 Å². The van der Waals surface area contributed by atoms with Crippen molar-refractivity contribution in [2.45, 2.75) is 22.1 Å². The number of sulfonamides is 2. The summed E-state index contributed by atoms with van der Waals surface area (Å²) in [7, 11) is -8.95. The van der Waals surface area contributed by atoms with Gasteiger partial charge in [-0.15, -0.1) is 0 Å². The van der Waals surface area contributed by atoms with Gasteiger partial charge in [-0.1, -0.05) is 6.07 Å². The predicted octanol–water partition coefficient (Wildman–Crippen LogP) is -3.31. The minimum Gasteiger partial charge on any atom is -0.390 e. The number of aliphatic hydroxyl groups excluding tert-OH is 1. The molecule has 0 unspecified atom stereocenters. The fraction of sp³-hybridized carbons (Fsp3) is 0.267. The fourth-order valence-corrected chi connectivity index (χ4v) is 5.68. The quantitative estimate of drug-likeness (QED) is 0.183. The molecule has 1 aromatic carbocycles. The zero-order valence-electron chi connectivity index (χ0n) is 16.0. The lowest BCUT2D eigenvalue weighted by Crippen LogP contribution is -2.37. The van der Waals surface area contributed by atoms with Crippen molar-refractivity contribution in [1.82, 2.24) is 31.6 Å². The van der Waals surface area contributed by atoms with Crippen LogP contribution in [0, 0.1) is 0 Å². The van der Waals surface area contributed by atoms with Crippen molar-refractivity contribution in [3.05, 3.63) is 36.0 Å². The van der Waals surface area contributed by atoms with Crippen LogP contribution in [0.2, 0.25) is 0 Å². The molecule has 3 rings (SSSR count). The summed E-state index contributed by atoms with van der Waals surface area (Å²) in [6, 6.07) is 5.66. The van der Waals surface area contributed by atoms with Crippen LogP contribution in [0.5, 0.6) is 0 Å². The summed E-state index contributed by atoms with van der Waals surface area (Å²) < 4.78 is 53.1. The van der Waals surface area contributed by atoms with E-state index in [1.54, 1.807) is 6.07 Å². The van der Waals surface area contributed by atoms with Crippen LogP contribution in [0.1, 0.15) is 11.7 Å². The number of aliphatic hydroxyl groups is 1. The van der Waals surface area contributed by atoms with E-state index >= 15 is 0 Å². The van der Waals surface area contributed by atoms with Gasteiger partial charge in [0, 0.05) is 30.4 Å². The molecule has 12 N–H and O–H groups in total. The molecule has 1 aromatic heterocycles. The van der Waals surface area contributed by atoms with Gasteiger partial charge in [0.05, 0.1) is 6.10 Å². The second kappa shape index (κ2) is 9.09. The normalized spacial score (nSPS) is 16.5. The maximum Gasteiger partial charge on any atom is 0.242 e. The first-order valence-corrected chi connectivity index (χ1v) is 11.9. The molecule has 0 bridgehead atoms. The van der Waals surface area contributed by atoms with Crippen molar-refractivity contribution in [2.75, 3.05) is 18.8 Å². The van der Waals surface area contributed by atoms with Crippen LogP contribution in [-0.2, 0) is 20.0 Å². The largest absolute Gasteiger partial charge is 0.390 e. The zero-order valence-corrected chi connectivity index (χ0v) is 17.7. The maximum atomic E-state index is 12.9. The van der Waals surface area contributed by atoms with E-state index in [0.717, 1.165) is 6.07 Å². The molecule has 16 heteroatoms. The third-order valence-corrected chi connectivity index (χ3v) is 7.00. The Balaban J connectivity index is 2.26. The van der Waals surface area contributed by atoms with E-state index in [2.05, 4.69) is 31.6 Å². The summed E-state index contributed by atoms with van der Waals surface area (Å²) >= 11 is 0. The van der Waals surface area contributed by atoms with Crippen LogP contribution in [0.4, 0.5) is 5.82 Å². The number of nitrogens with zero attached hydrogens (tertiary/aromatic N) is 1. The van der Waals surface area contributed by atoms with Crippen molar-refractivity contribution >= 4 is 25.9 Å². The molecule has 1 fully saturated rings. The molecule has 1 saturated heterocycles. The van der Waals surface area contributed by atoms with Gasteiger partial charge in [-0.3, -0.25) is 0 Å². The first-order chi connectivity index (χ1) is 14.5. The third-order valence-electron chi connectivity index (χ3n) is 4.40. The van der Waals surface area contributed by atoms with E-state index in [0.29, 0.717) is 11.1 Å². The molecule has 0 aliphatic carbocycles. The van der Waals surface area contributed by atoms with Crippen LogP contribution in [-0.4, -0.2) is 46.1 Å². The van der Waals surface area contributed by atoms with Crippen LogP contribution >= 0.6 is 0 Å². The molecule has 14 nitrogen and oxygen atoms in total. The summed E-state index contributed by atoms with van der Waals surface area (Å²) in [5, 5.41) is 15.0. The predicted molar refractivity (Wildman–Crippen MR) is 111 cm³/mol. The monoisotopic (exact) mass is 473 g/mol. The Morgan fingerprint density at radius 2 is 1.81 bits per heavy atom. The highest BCUT2D eigenvalue weighted by Crippen LogP contribution is 2.36. The number of primary sulfonamides is 1. The van der Waals surface area contributed by atoms with Gasteiger partial charge in [-0.05, 0) is 23.8 Å². The molecule has 31 heavy (non-hydrogen) atoms. The molecule has 2 heterocycles. The number of aromatic nitrogens is 1. The lowest BCUT2D eigenvalue weighted by atomic mass is 9.99. The Hall–Kier alpha value is -2.25. The van der Waals surface area contributed by atoms with Gasteiger partial charge < -0.3 is 16.6 Å². The highest BCUT2D eigenvalue weighted by atomic mass is 32.2. The number of hydrogen-bond acceptors (Lipinski definition) is 12. The van der Waals surface area contributed by atoms with Crippen molar-refractivity contribution in [1.29, 1.82) is 0 Å². The Bertz CT molecular complexity index is 1150. The Labute approximate surface area is 178 Å². The number of nitrogen functional groups attached to an aromatic ring is 1. The first-order valence-electron chi connectivity index (χ1n) is 8.85. The number of rotatable bonds is 8. The molecular weight excluding hydrogens is 450 g/mol. The molecule has 0 radical (unpaired) electrons. The zero-order chi connectivity index (χ0) is 22.8. The average molecular weight is 474 g/mol. The highest BCUT2D eigenvalue weighted by Gasteiger charge is 2.34. The van der Waals surface area contributed by atoms with Crippen molar-refractivity contribution in [2.24, 2.45) is 10.9 Å². The van der Waals surface area contributed by atoms with Gasteiger partial charge in [-0.25, -0.2) is 42.5 Å². The van der Waals surface area contributed by atoms with E-state index in [-0.39, 0.29) is 17.9 Å². The van der Waals surface area contributed by atoms with Crippen molar-refractivity contribution in [3.8, 4) is 11.1 Å². The Kier molecular flexibility index (Phi) is 6.86. The second-order valence-corrected chi connectivity index (χ2v) is 9.82. The average Bonchev–Trinajstić information content (AvgIpc) is 3.25. The minimum atomic E-state index is -4.55. The SMILES string of the molecule is NC[C@@H](O)CNS(=O)(=O)c1ccc(-c2ccc(N)nc2)c(C2NNNN2)c1S(N)(=O)=O. The summed E-state index contributed by atoms with van der Waals surface area (Å²) in [6.07, 6.45) is -0.634. The number of nitrogens with one attached hydrogen (secondary N) is 5. The van der Waals surface area contributed by atoms with Crippen LogP contribution in [0.25, 0.3) is 11.1 Å². The number of anilines is 1. The number of benzene rings is 1. The van der Waals surface area contributed by atoms with E-state index in [4.69, 9.17) is 16.6 Å². The molecule has 0 spiro atoms. The fourth-order valence-electron chi connectivity index (χ4n) is 2.95. The lowest BCUT2D eigenvalue weighted by molar-refractivity contribution is 0.186. The van der Waals surface area contributed by atoms with Crippen molar-refractivity contribution in [3.63, 3.8) is 0 Å². The lowest BCUT2D eigenvalue weighted by Gasteiger charge is -2.22. The minimum absolute atomic E-state index is 0.0221. The third kappa shape index (κ3) is 5.15. The van der Waals surface area contributed by atoms with Crippen LogP contribution < -0.4 is 43.2 Å². The maximum absolute atomic E-state index is 12.9. The van der Waals surface area contributed by atoms with E-state index in [9.17, 15) is 21.9 Å². The van der Waals surface area contributed by atoms with Gasteiger partial charge in [0.2, 0.25) is 20.0 Å². The second-order valence-electron chi connectivity index (χ2n) is 6.58. The molecule has 1 atom stereocenters. The molecule has 1 aliphatic rings.